The van der Waals surface area contributed by atoms with Crippen LogP contribution in [0.15, 0.2) is 34.5 Å². The van der Waals surface area contributed by atoms with E-state index in [0.29, 0.717) is 5.56 Å². The lowest BCUT2D eigenvalue weighted by Crippen LogP contribution is -2.23. The minimum absolute atomic E-state index is 0.180. The molecule has 0 atom stereocenters. The second kappa shape index (κ2) is 6.83. The predicted molar refractivity (Wildman–Crippen MR) is 83.3 cm³/mol. The second-order valence-electron chi connectivity index (χ2n) is 4.24. The lowest BCUT2D eigenvalue weighted by molar-refractivity contribution is 0.581. The minimum atomic E-state index is -3.58. The Balaban J connectivity index is 2.15. The Bertz CT molecular complexity index is 786. The number of aryl methyl sites for hydroxylation is 1. The molecule has 0 unspecified atom stereocenters. The van der Waals surface area contributed by atoms with Gasteiger partial charge in [-0.2, -0.15) is 0 Å². The van der Waals surface area contributed by atoms with Crippen molar-refractivity contribution < 1.29 is 8.42 Å². The number of rotatable bonds is 4. The Labute approximate surface area is 128 Å². The summed E-state index contributed by atoms with van der Waals surface area (Å²) in [6.45, 7) is 2.28. The van der Waals surface area contributed by atoms with E-state index in [-0.39, 0.29) is 18.0 Å². The third-order valence-electron chi connectivity index (χ3n) is 2.56. The van der Waals surface area contributed by atoms with Gasteiger partial charge in [0.1, 0.15) is 5.01 Å². The molecule has 0 aliphatic heterocycles. The molecule has 2 aromatic rings. The van der Waals surface area contributed by atoms with Crippen LogP contribution in [0.2, 0.25) is 0 Å². The number of sulfonamides is 1. The fraction of sp³-hybridized carbons (Fsp3) is 0.214. The first kappa shape index (κ1) is 15.7. The zero-order valence-electron chi connectivity index (χ0n) is 11.5. The minimum Gasteiger partial charge on any atom is -0.320 e. The van der Waals surface area contributed by atoms with Gasteiger partial charge in [0.25, 0.3) is 0 Å². The van der Waals surface area contributed by atoms with Crippen LogP contribution in [0.25, 0.3) is 0 Å². The first-order chi connectivity index (χ1) is 10.0. The number of benzene rings is 1. The smallest absolute Gasteiger partial charge is 0.240 e. The highest BCUT2D eigenvalue weighted by Crippen LogP contribution is 2.13. The van der Waals surface area contributed by atoms with Gasteiger partial charge < -0.3 is 5.73 Å². The summed E-state index contributed by atoms with van der Waals surface area (Å²) in [6, 6.07) is 6.45. The Morgan fingerprint density at radius 3 is 2.90 bits per heavy atom. The number of hydrogen-bond donors (Lipinski definition) is 2. The van der Waals surface area contributed by atoms with Crippen molar-refractivity contribution in [2.75, 3.05) is 6.54 Å². The van der Waals surface area contributed by atoms with E-state index in [9.17, 15) is 8.42 Å². The van der Waals surface area contributed by atoms with Gasteiger partial charge in [-0.25, -0.2) is 18.1 Å². The molecule has 0 fully saturated rings. The largest absolute Gasteiger partial charge is 0.320 e. The maximum atomic E-state index is 12.2. The molecule has 0 saturated heterocycles. The van der Waals surface area contributed by atoms with Gasteiger partial charge in [0.05, 0.1) is 18.0 Å². The summed E-state index contributed by atoms with van der Waals surface area (Å²) in [5.74, 6) is 5.51. The molecule has 3 N–H and O–H groups in total. The van der Waals surface area contributed by atoms with Crippen LogP contribution in [0.5, 0.6) is 0 Å². The highest BCUT2D eigenvalue weighted by molar-refractivity contribution is 7.89. The van der Waals surface area contributed by atoms with Gasteiger partial charge >= 0.3 is 0 Å². The molecular formula is C14H15N3O2S2. The molecule has 0 aliphatic carbocycles. The zero-order valence-corrected chi connectivity index (χ0v) is 13.1. The van der Waals surface area contributed by atoms with E-state index in [0.717, 1.165) is 10.7 Å². The molecule has 2 rings (SSSR count). The summed E-state index contributed by atoms with van der Waals surface area (Å²) >= 11 is 1.43. The van der Waals surface area contributed by atoms with Gasteiger partial charge in [-0.05, 0) is 25.1 Å². The number of nitrogens with zero attached hydrogens (tertiary/aromatic N) is 1. The van der Waals surface area contributed by atoms with E-state index in [2.05, 4.69) is 21.5 Å². The van der Waals surface area contributed by atoms with Crippen LogP contribution in [0.4, 0.5) is 0 Å². The predicted octanol–water partition coefficient (Wildman–Crippen LogP) is 1.24. The normalized spacial score (nSPS) is 11.0. The van der Waals surface area contributed by atoms with Crippen molar-refractivity contribution in [2.45, 2.75) is 18.4 Å². The summed E-state index contributed by atoms with van der Waals surface area (Å²) in [4.78, 5) is 4.40. The van der Waals surface area contributed by atoms with E-state index in [1.165, 1.54) is 23.5 Å². The van der Waals surface area contributed by atoms with Gasteiger partial charge in [-0.1, -0.05) is 17.9 Å². The Morgan fingerprint density at radius 1 is 1.43 bits per heavy atom. The molecule has 0 spiro atoms. The number of aromatic nitrogens is 1. The second-order valence-corrected chi connectivity index (χ2v) is 6.95. The molecule has 110 valence electrons. The van der Waals surface area contributed by atoms with Crippen LogP contribution in [-0.4, -0.2) is 19.9 Å². The first-order valence-electron chi connectivity index (χ1n) is 6.21. The topological polar surface area (TPSA) is 85.1 Å². The van der Waals surface area contributed by atoms with E-state index in [4.69, 9.17) is 5.73 Å². The molecule has 1 aromatic heterocycles. The molecule has 0 aliphatic rings. The monoisotopic (exact) mass is 321 g/mol. The molecule has 0 amide bonds. The van der Waals surface area contributed by atoms with Crippen molar-refractivity contribution in [2.24, 2.45) is 5.73 Å². The average Bonchev–Trinajstić information content (AvgIpc) is 2.89. The molecule has 0 saturated carbocycles. The number of nitrogens with one attached hydrogen (secondary N) is 1. The first-order valence-corrected chi connectivity index (χ1v) is 8.57. The summed E-state index contributed by atoms with van der Waals surface area (Å²) in [5.41, 5.74) is 6.81. The van der Waals surface area contributed by atoms with Crippen LogP contribution in [0.1, 0.15) is 16.3 Å². The van der Waals surface area contributed by atoms with E-state index in [1.54, 1.807) is 12.1 Å². The fourth-order valence-corrected chi connectivity index (χ4v) is 3.45. The van der Waals surface area contributed by atoms with Gasteiger partial charge in [0.15, 0.2) is 0 Å². The third kappa shape index (κ3) is 4.37. The average molecular weight is 321 g/mol. The Kier molecular flexibility index (Phi) is 5.09. The Morgan fingerprint density at radius 2 is 2.24 bits per heavy atom. The zero-order chi connectivity index (χ0) is 15.3. The van der Waals surface area contributed by atoms with Crippen molar-refractivity contribution in [3.05, 3.63) is 45.9 Å². The molecule has 0 bridgehead atoms. The van der Waals surface area contributed by atoms with Gasteiger partial charge in [0, 0.05) is 16.6 Å². The summed E-state index contributed by atoms with van der Waals surface area (Å²) < 4.78 is 27.0. The van der Waals surface area contributed by atoms with Crippen LogP contribution < -0.4 is 10.5 Å². The van der Waals surface area contributed by atoms with Crippen molar-refractivity contribution in [3.8, 4) is 11.8 Å². The van der Waals surface area contributed by atoms with Crippen LogP contribution >= 0.6 is 11.3 Å². The van der Waals surface area contributed by atoms with Crippen molar-refractivity contribution in [1.29, 1.82) is 0 Å². The molecule has 1 aromatic carbocycles. The summed E-state index contributed by atoms with van der Waals surface area (Å²) in [5, 5.41) is 2.61. The summed E-state index contributed by atoms with van der Waals surface area (Å²) in [7, 11) is -3.58. The molecule has 21 heavy (non-hydrogen) atoms. The van der Waals surface area contributed by atoms with Crippen LogP contribution in [-0.2, 0) is 16.6 Å². The SMILES string of the molecule is Cc1csc(CNS(=O)(=O)c2cccc(C#CCN)c2)n1. The molecular weight excluding hydrogens is 306 g/mol. The lowest BCUT2D eigenvalue weighted by Gasteiger charge is -2.05. The number of hydrogen-bond acceptors (Lipinski definition) is 5. The van der Waals surface area contributed by atoms with Crippen LogP contribution in [0.3, 0.4) is 0 Å². The van der Waals surface area contributed by atoms with E-state index in [1.807, 2.05) is 12.3 Å². The summed E-state index contributed by atoms with van der Waals surface area (Å²) in [6.07, 6.45) is 0. The van der Waals surface area contributed by atoms with Crippen molar-refractivity contribution >= 4 is 21.4 Å². The third-order valence-corrected chi connectivity index (χ3v) is 4.92. The Hall–Kier alpha value is -1.72. The maximum absolute atomic E-state index is 12.2. The lowest BCUT2D eigenvalue weighted by atomic mass is 10.2. The molecule has 1 heterocycles. The van der Waals surface area contributed by atoms with Crippen molar-refractivity contribution in [1.82, 2.24) is 9.71 Å². The molecule has 5 nitrogen and oxygen atoms in total. The standard InChI is InChI=1S/C14H15N3O2S2/c1-11-10-20-14(17-11)9-16-21(18,19)13-6-2-4-12(8-13)5-3-7-15/h2,4,6,8,10,16H,7,9,15H2,1H3. The van der Waals surface area contributed by atoms with Gasteiger partial charge in [-0.3, -0.25) is 0 Å². The van der Waals surface area contributed by atoms with E-state index < -0.39 is 10.0 Å². The molecule has 7 heteroatoms. The number of nitrogens with two attached hydrogens (primary N) is 1. The highest BCUT2D eigenvalue weighted by atomic mass is 32.2. The fourth-order valence-electron chi connectivity index (χ4n) is 1.62. The quantitative estimate of drug-likeness (QED) is 0.830. The van der Waals surface area contributed by atoms with Crippen molar-refractivity contribution in [3.63, 3.8) is 0 Å². The maximum Gasteiger partial charge on any atom is 0.240 e. The highest BCUT2D eigenvalue weighted by Gasteiger charge is 2.14. The van der Waals surface area contributed by atoms with E-state index >= 15 is 0 Å². The molecule has 0 radical (unpaired) electrons. The van der Waals surface area contributed by atoms with Crippen LogP contribution in [0, 0.1) is 18.8 Å². The van der Waals surface area contributed by atoms with Gasteiger partial charge in [0.2, 0.25) is 10.0 Å². The number of thiazole rings is 1. The van der Waals surface area contributed by atoms with Gasteiger partial charge in [-0.15, -0.1) is 11.3 Å².